The number of aliphatic hydroxyl groups is 1. The van der Waals surface area contributed by atoms with Crippen molar-refractivity contribution >= 4 is 16.6 Å². The number of rotatable bonds is 14. The third-order valence-corrected chi connectivity index (χ3v) is 18.6. The fourth-order valence-electron chi connectivity index (χ4n) is 5.83. The molecule has 0 saturated heterocycles. The van der Waals surface area contributed by atoms with Crippen LogP contribution in [0.25, 0.3) is 0 Å². The van der Waals surface area contributed by atoms with E-state index in [4.69, 9.17) is 8.85 Å². The highest BCUT2D eigenvalue weighted by Gasteiger charge is 2.42. The Morgan fingerprint density at radius 2 is 1.67 bits per heavy atom. The lowest BCUT2D eigenvalue weighted by atomic mass is 9.88. The summed E-state index contributed by atoms with van der Waals surface area (Å²) < 4.78 is 14.1. The van der Waals surface area contributed by atoms with Crippen LogP contribution in [-0.4, -0.2) is 40.6 Å². The Labute approximate surface area is 208 Å². The molecule has 0 heterocycles. The van der Waals surface area contributed by atoms with Crippen LogP contribution in [0.1, 0.15) is 99.3 Å². The molecule has 2 rings (SSSR count). The van der Waals surface area contributed by atoms with Gasteiger partial charge in [-0.25, -0.2) is 0 Å². The van der Waals surface area contributed by atoms with Gasteiger partial charge in [-0.1, -0.05) is 66.0 Å². The minimum atomic E-state index is -1.78. The van der Waals surface area contributed by atoms with Gasteiger partial charge in [0.1, 0.15) is 0 Å². The van der Waals surface area contributed by atoms with Crippen molar-refractivity contribution in [1.29, 1.82) is 0 Å². The third-order valence-electron chi connectivity index (χ3n) is 9.44. The molecular formula is C28H56O3Si2. The lowest BCUT2D eigenvalue weighted by Gasteiger charge is -2.41. The first-order chi connectivity index (χ1) is 15.5. The summed E-state index contributed by atoms with van der Waals surface area (Å²) in [5.41, 5.74) is 1.60. The predicted octanol–water partition coefficient (Wildman–Crippen LogP) is 8.46. The summed E-state index contributed by atoms with van der Waals surface area (Å²) in [4.78, 5) is 0. The molecule has 0 aliphatic heterocycles. The highest BCUT2D eigenvalue weighted by atomic mass is 28.4. The quantitative estimate of drug-likeness (QED) is 0.194. The van der Waals surface area contributed by atoms with E-state index in [1.165, 1.54) is 43.8 Å². The molecule has 1 N–H and O–H groups in total. The van der Waals surface area contributed by atoms with Crippen molar-refractivity contribution in [3.63, 3.8) is 0 Å². The van der Waals surface area contributed by atoms with Gasteiger partial charge in [0.25, 0.3) is 0 Å². The SMILES string of the molecule is CC[Si](CC)(CC)OC1CC=C(CCC(O[Si](C)(C)C(C)(C)C)C2CCCC2)C1CCCO. The van der Waals surface area contributed by atoms with Gasteiger partial charge in [-0.15, -0.1) is 0 Å². The molecule has 2 aliphatic carbocycles. The fraction of sp³-hybridized carbons (Fsp3) is 0.929. The molecule has 0 bridgehead atoms. The molecule has 0 spiro atoms. The minimum Gasteiger partial charge on any atom is -0.414 e. The molecule has 0 radical (unpaired) electrons. The molecule has 33 heavy (non-hydrogen) atoms. The molecule has 5 heteroatoms. The molecule has 3 unspecified atom stereocenters. The zero-order chi connectivity index (χ0) is 24.7. The summed E-state index contributed by atoms with van der Waals surface area (Å²) >= 11 is 0. The molecule has 194 valence electrons. The highest BCUT2D eigenvalue weighted by molar-refractivity contribution is 6.74. The minimum absolute atomic E-state index is 0.257. The van der Waals surface area contributed by atoms with Crippen molar-refractivity contribution in [2.45, 2.75) is 148 Å². The second kappa shape index (κ2) is 12.8. The van der Waals surface area contributed by atoms with Gasteiger partial charge >= 0.3 is 0 Å². The third kappa shape index (κ3) is 7.77. The average molecular weight is 497 g/mol. The van der Waals surface area contributed by atoms with Crippen LogP contribution >= 0.6 is 0 Å². The Morgan fingerprint density at radius 3 is 2.18 bits per heavy atom. The van der Waals surface area contributed by atoms with Gasteiger partial charge in [0.2, 0.25) is 0 Å². The van der Waals surface area contributed by atoms with Crippen LogP contribution < -0.4 is 0 Å². The van der Waals surface area contributed by atoms with Gasteiger partial charge in [0, 0.05) is 18.6 Å². The lowest BCUT2D eigenvalue weighted by molar-refractivity contribution is 0.107. The second-order valence-corrected chi connectivity index (χ2v) is 21.9. The normalized spacial score (nSPS) is 23.8. The van der Waals surface area contributed by atoms with Crippen LogP contribution in [0.15, 0.2) is 11.6 Å². The Kier molecular flexibility index (Phi) is 11.4. The number of hydrogen-bond donors (Lipinski definition) is 1. The monoisotopic (exact) mass is 496 g/mol. The van der Waals surface area contributed by atoms with E-state index in [0.29, 0.717) is 18.1 Å². The summed E-state index contributed by atoms with van der Waals surface area (Å²) in [5, 5.41) is 9.83. The summed E-state index contributed by atoms with van der Waals surface area (Å²) in [6.07, 6.45) is 14.0. The van der Waals surface area contributed by atoms with Crippen LogP contribution in [0, 0.1) is 11.8 Å². The molecule has 0 aromatic heterocycles. The van der Waals surface area contributed by atoms with Gasteiger partial charge in [-0.2, -0.15) is 0 Å². The Hall–Kier alpha value is 0.0538. The van der Waals surface area contributed by atoms with E-state index in [1.54, 1.807) is 5.57 Å². The van der Waals surface area contributed by atoms with Crippen LogP contribution in [0.2, 0.25) is 36.3 Å². The van der Waals surface area contributed by atoms with Gasteiger partial charge in [0.05, 0.1) is 6.10 Å². The highest BCUT2D eigenvalue weighted by Crippen LogP contribution is 2.43. The van der Waals surface area contributed by atoms with Crippen LogP contribution in [0.4, 0.5) is 0 Å². The maximum absolute atomic E-state index is 9.57. The summed E-state index contributed by atoms with van der Waals surface area (Å²) in [6, 6.07) is 3.63. The molecule has 0 aromatic rings. The molecule has 3 atom stereocenters. The van der Waals surface area contributed by atoms with E-state index in [2.05, 4.69) is 60.7 Å². The Morgan fingerprint density at radius 1 is 1.06 bits per heavy atom. The van der Waals surface area contributed by atoms with Crippen molar-refractivity contribution in [1.82, 2.24) is 0 Å². The summed E-state index contributed by atoms with van der Waals surface area (Å²) in [5.74, 6) is 1.23. The van der Waals surface area contributed by atoms with Crippen molar-refractivity contribution < 1.29 is 14.0 Å². The van der Waals surface area contributed by atoms with Crippen molar-refractivity contribution in [2.75, 3.05) is 6.61 Å². The van der Waals surface area contributed by atoms with Crippen molar-refractivity contribution in [2.24, 2.45) is 11.8 Å². The summed E-state index contributed by atoms with van der Waals surface area (Å²) in [6.45, 7) is 19.2. The molecular weight excluding hydrogens is 440 g/mol. The van der Waals surface area contributed by atoms with Crippen LogP contribution in [-0.2, 0) is 8.85 Å². The zero-order valence-electron chi connectivity index (χ0n) is 23.3. The number of hydrogen-bond acceptors (Lipinski definition) is 3. The Balaban J connectivity index is 2.11. The van der Waals surface area contributed by atoms with Crippen LogP contribution in [0.5, 0.6) is 0 Å². The van der Waals surface area contributed by atoms with E-state index in [1.807, 2.05) is 0 Å². The van der Waals surface area contributed by atoms with Gasteiger partial charge in [-0.3, -0.25) is 0 Å². The summed E-state index contributed by atoms with van der Waals surface area (Å²) in [7, 11) is -3.41. The second-order valence-electron chi connectivity index (χ2n) is 12.4. The zero-order valence-corrected chi connectivity index (χ0v) is 25.3. The molecule has 1 fully saturated rings. The molecule has 0 amide bonds. The van der Waals surface area contributed by atoms with Gasteiger partial charge in [-0.05, 0) is 87.1 Å². The molecule has 1 saturated carbocycles. The number of aliphatic hydroxyl groups excluding tert-OH is 1. The lowest BCUT2D eigenvalue weighted by Crippen LogP contribution is -2.45. The first-order valence-electron chi connectivity index (χ1n) is 14.2. The topological polar surface area (TPSA) is 38.7 Å². The molecule has 3 nitrogen and oxygen atoms in total. The van der Waals surface area contributed by atoms with Gasteiger partial charge in [0.15, 0.2) is 16.6 Å². The van der Waals surface area contributed by atoms with E-state index in [9.17, 15) is 5.11 Å². The van der Waals surface area contributed by atoms with E-state index < -0.39 is 16.6 Å². The maximum Gasteiger partial charge on any atom is 0.192 e. The average Bonchev–Trinajstić information content (AvgIpc) is 3.43. The van der Waals surface area contributed by atoms with E-state index in [0.717, 1.165) is 38.0 Å². The maximum atomic E-state index is 9.57. The Bertz CT molecular complexity index is 592. The van der Waals surface area contributed by atoms with Gasteiger partial charge < -0.3 is 14.0 Å². The first-order valence-corrected chi connectivity index (χ1v) is 19.6. The smallest absolute Gasteiger partial charge is 0.192 e. The predicted molar refractivity (Wildman–Crippen MR) is 148 cm³/mol. The largest absolute Gasteiger partial charge is 0.414 e. The van der Waals surface area contributed by atoms with E-state index in [-0.39, 0.29) is 11.6 Å². The standard InChI is InChI=1S/C28H56O3Si2/c1-9-33(10-2,11-3)31-27-21-19-23(25(27)17-14-22-29)18-20-26(24-15-12-13-16-24)30-32(7,8)28(4,5)6/h19,24-27,29H,9-18,20-22H2,1-8H3. The van der Waals surface area contributed by atoms with Crippen LogP contribution in [0.3, 0.4) is 0 Å². The van der Waals surface area contributed by atoms with E-state index >= 15 is 0 Å². The fourth-order valence-corrected chi connectivity index (χ4v) is 10.2. The molecule has 0 aromatic carbocycles. The first kappa shape index (κ1) is 29.3. The van der Waals surface area contributed by atoms with Crippen molar-refractivity contribution in [3.8, 4) is 0 Å². The molecule has 2 aliphatic rings. The van der Waals surface area contributed by atoms with Crippen molar-refractivity contribution in [3.05, 3.63) is 11.6 Å².